The molecule has 6 rings (SSSR count). The summed E-state index contributed by atoms with van der Waals surface area (Å²) in [5, 5.41) is 22.1. The maximum absolute atomic E-state index is 12.6. The van der Waals surface area contributed by atoms with Crippen molar-refractivity contribution in [2.24, 2.45) is 0 Å². The van der Waals surface area contributed by atoms with Crippen molar-refractivity contribution in [2.45, 2.75) is 36.8 Å². The SMILES string of the molecule is C[S+]([O-])c1nc2c(c(N3CCN([C@@H]4C=CC=CN4C(=O)O)C(CC#N)C3)n1)CCN(c1cccc3ccccc13)C2. The average molecular weight is 570 g/mol. The Morgan fingerprint density at radius 3 is 2.76 bits per heavy atom. The molecule has 1 fully saturated rings. The van der Waals surface area contributed by atoms with Gasteiger partial charge in [0, 0.05) is 66.2 Å². The lowest BCUT2D eigenvalue weighted by molar-refractivity contribution is 0.0583. The number of piperazine rings is 1. The molecule has 10 nitrogen and oxygen atoms in total. The molecule has 4 heterocycles. The van der Waals surface area contributed by atoms with Crippen LogP contribution >= 0.6 is 0 Å². The quantitative estimate of drug-likeness (QED) is 0.362. The number of benzene rings is 2. The first-order valence-corrected chi connectivity index (χ1v) is 15.2. The van der Waals surface area contributed by atoms with E-state index in [1.54, 1.807) is 18.5 Å². The summed E-state index contributed by atoms with van der Waals surface area (Å²) in [6.45, 7) is 3.01. The van der Waals surface area contributed by atoms with Gasteiger partial charge in [0.25, 0.3) is 0 Å². The molecule has 210 valence electrons. The molecule has 2 aromatic carbocycles. The molecule has 41 heavy (non-hydrogen) atoms. The Kier molecular flexibility index (Phi) is 7.53. The Morgan fingerprint density at radius 1 is 1.12 bits per heavy atom. The lowest BCUT2D eigenvalue weighted by Gasteiger charge is -2.47. The largest absolute Gasteiger partial charge is 0.609 e. The third-order valence-corrected chi connectivity index (χ3v) is 8.73. The maximum Gasteiger partial charge on any atom is 0.412 e. The fourth-order valence-electron chi connectivity index (χ4n) is 6.10. The van der Waals surface area contributed by atoms with Crippen LogP contribution in [-0.4, -0.2) is 80.2 Å². The highest BCUT2D eigenvalue weighted by atomic mass is 32.2. The minimum Gasteiger partial charge on any atom is -0.609 e. The number of carbonyl (C=O) groups is 1. The van der Waals surface area contributed by atoms with Crippen LogP contribution in [0.5, 0.6) is 0 Å². The Bertz CT molecular complexity index is 1560. The number of nitrogens with zero attached hydrogens (tertiary/aromatic N) is 7. The number of fused-ring (bicyclic) bond motifs is 2. The second-order valence-corrected chi connectivity index (χ2v) is 11.7. The lowest BCUT2D eigenvalue weighted by Crippen LogP contribution is -2.60. The number of aromatic nitrogens is 2. The summed E-state index contributed by atoms with van der Waals surface area (Å²) in [7, 11) is 0. The zero-order chi connectivity index (χ0) is 28.5. The monoisotopic (exact) mass is 569 g/mol. The smallest absolute Gasteiger partial charge is 0.412 e. The summed E-state index contributed by atoms with van der Waals surface area (Å²) in [6, 6.07) is 16.7. The van der Waals surface area contributed by atoms with Crippen LogP contribution in [0.15, 0.2) is 72.0 Å². The molecule has 0 aliphatic carbocycles. The van der Waals surface area contributed by atoms with E-state index in [0.717, 1.165) is 35.7 Å². The van der Waals surface area contributed by atoms with Crippen molar-refractivity contribution in [3.8, 4) is 6.07 Å². The van der Waals surface area contributed by atoms with Gasteiger partial charge in [0.15, 0.2) is 0 Å². The van der Waals surface area contributed by atoms with Gasteiger partial charge in [-0.15, -0.1) is 0 Å². The Balaban J connectivity index is 1.31. The second-order valence-electron chi connectivity index (χ2n) is 10.4. The number of hydrogen-bond acceptors (Lipinski definition) is 8. The molecule has 1 aromatic heterocycles. The predicted molar refractivity (Wildman–Crippen MR) is 158 cm³/mol. The highest BCUT2D eigenvalue weighted by Crippen LogP contribution is 2.35. The summed E-state index contributed by atoms with van der Waals surface area (Å²) in [5.74, 6) is 0.773. The molecule has 1 saturated heterocycles. The van der Waals surface area contributed by atoms with Crippen molar-refractivity contribution in [3.05, 3.63) is 78.1 Å². The molecule has 0 saturated carbocycles. The number of allylic oxidation sites excluding steroid dienone is 2. The van der Waals surface area contributed by atoms with Gasteiger partial charge in [-0.1, -0.05) is 42.5 Å². The van der Waals surface area contributed by atoms with Gasteiger partial charge in [-0.3, -0.25) is 9.80 Å². The molecular weight excluding hydrogens is 538 g/mol. The van der Waals surface area contributed by atoms with Gasteiger partial charge in [-0.05, 0) is 30.0 Å². The van der Waals surface area contributed by atoms with Crippen molar-refractivity contribution in [1.82, 2.24) is 19.8 Å². The molecular formula is C30H31N7O3S. The van der Waals surface area contributed by atoms with Crippen LogP contribution in [0.1, 0.15) is 17.7 Å². The van der Waals surface area contributed by atoms with Crippen molar-refractivity contribution < 1.29 is 14.5 Å². The topological polar surface area (TPSA) is 123 Å². The van der Waals surface area contributed by atoms with E-state index in [1.165, 1.54) is 15.7 Å². The first kappa shape index (κ1) is 27.1. The van der Waals surface area contributed by atoms with Crippen LogP contribution in [0.3, 0.4) is 0 Å². The summed E-state index contributed by atoms with van der Waals surface area (Å²) in [4.78, 5) is 29.3. The zero-order valence-corrected chi connectivity index (χ0v) is 23.6. The van der Waals surface area contributed by atoms with Gasteiger partial charge in [-0.25, -0.2) is 4.79 Å². The van der Waals surface area contributed by atoms with Gasteiger partial charge in [-0.2, -0.15) is 15.2 Å². The number of nitriles is 1. The van der Waals surface area contributed by atoms with E-state index < -0.39 is 23.4 Å². The molecule has 3 atom stereocenters. The first-order valence-electron chi connectivity index (χ1n) is 13.6. The van der Waals surface area contributed by atoms with Crippen molar-refractivity contribution in [1.29, 1.82) is 5.26 Å². The summed E-state index contributed by atoms with van der Waals surface area (Å²) in [6.07, 6.45) is 7.98. The van der Waals surface area contributed by atoms with Gasteiger partial charge < -0.3 is 19.5 Å². The minimum absolute atomic E-state index is 0.214. The van der Waals surface area contributed by atoms with Crippen LogP contribution in [0.4, 0.5) is 16.3 Å². The van der Waals surface area contributed by atoms with E-state index in [2.05, 4.69) is 57.2 Å². The van der Waals surface area contributed by atoms with Crippen LogP contribution in [0.25, 0.3) is 10.8 Å². The average Bonchev–Trinajstić information content (AvgIpc) is 3.00. The maximum atomic E-state index is 12.6. The fraction of sp³-hybridized carbons (Fsp3) is 0.333. The number of hydrogen-bond donors (Lipinski definition) is 1. The third kappa shape index (κ3) is 5.22. The molecule has 0 radical (unpaired) electrons. The zero-order valence-electron chi connectivity index (χ0n) is 22.8. The third-order valence-electron chi connectivity index (χ3n) is 8.03. The summed E-state index contributed by atoms with van der Waals surface area (Å²) < 4.78 is 12.6. The highest BCUT2D eigenvalue weighted by molar-refractivity contribution is 7.90. The Hall–Kier alpha value is -4.11. The van der Waals surface area contributed by atoms with Crippen LogP contribution < -0.4 is 9.80 Å². The van der Waals surface area contributed by atoms with E-state index >= 15 is 0 Å². The van der Waals surface area contributed by atoms with Crippen LogP contribution in [-0.2, 0) is 24.1 Å². The molecule has 0 bridgehead atoms. The van der Waals surface area contributed by atoms with E-state index in [4.69, 9.17) is 9.97 Å². The first-order chi connectivity index (χ1) is 19.9. The number of rotatable bonds is 5. The van der Waals surface area contributed by atoms with Crippen molar-refractivity contribution in [2.75, 3.05) is 42.2 Å². The molecule has 11 heteroatoms. The number of anilines is 2. The molecule has 2 unspecified atom stereocenters. The minimum atomic E-state index is -1.37. The molecule has 1 amide bonds. The van der Waals surface area contributed by atoms with E-state index in [-0.39, 0.29) is 12.5 Å². The van der Waals surface area contributed by atoms with Gasteiger partial charge in [0.2, 0.25) is 0 Å². The number of amides is 1. The normalized spacial score (nSPS) is 21.5. The molecule has 1 N–H and O–H groups in total. The van der Waals surface area contributed by atoms with E-state index in [9.17, 15) is 19.7 Å². The molecule has 3 aliphatic rings. The van der Waals surface area contributed by atoms with Crippen LogP contribution in [0.2, 0.25) is 0 Å². The number of carboxylic acid groups (broad SMARTS) is 1. The molecule has 0 spiro atoms. The fourth-order valence-corrected chi connectivity index (χ4v) is 6.55. The summed E-state index contributed by atoms with van der Waals surface area (Å²) in [5.41, 5.74) is 3.07. The second kappa shape index (κ2) is 11.4. The lowest BCUT2D eigenvalue weighted by atomic mass is 10.0. The van der Waals surface area contributed by atoms with E-state index in [0.29, 0.717) is 31.3 Å². The molecule has 3 aromatic rings. The Morgan fingerprint density at radius 2 is 1.95 bits per heavy atom. The Labute approximate surface area is 242 Å². The van der Waals surface area contributed by atoms with Crippen LogP contribution in [0, 0.1) is 11.3 Å². The van der Waals surface area contributed by atoms with Gasteiger partial charge in [0.1, 0.15) is 18.2 Å². The molecule has 3 aliphatic heterocycles. The van der Waals surface area contributed by atoms with E-state index in [1.807, 2.05) is 18.2 Å². The van der Waals surface area contributed by atoms with Gasteiger partial charge >= 0.3 is 11.2 Å². The van der Waals surface area contributed by atoms with Gasteiger partial charge in [0.05, 0.1) is 24.7 Å². The van der Waals surface area contributed by atoms with Crippen molar-refractivity contribution >= 4 is 39.5 Å². The van der Waals surface area contributed by atoms with Crippen molar-refractivity contribution in [3.63, 3.8) is 0 Å². The summed E-state index contributed by atoms with van der Waals surface area (Å²) >= 11 is -1.37. The standard InChI is InChI=1S/C30H31N7O3S/c1-41(40)29-32-25-20-34(26-10-6-8-21-7-2-3-9-23(21)26)16-13-24(25)28(33-29)35-17-18-36(22(19-35)12-14-31)27-11-4-5-15-37(27)30(38)39/h2-11,15,22,27H,12-13,16-20H2,1H3,(H,38,39)/t22?,27-,41?/m0/s1. The highest BCUT2D eigenvalue weighted by Gasteiger charge is 2.37. The predicted octanol–water partition coefficient (Wildman–Crippen LogP) is 3.72.